The van der Waals surface area contributed by atoms with E-state index in [9.17, 15) is 13.2 Å². The highest BCUT2D eigenvalue weighted by Gasteiger charge is 2.52. The number of fused-ring (bicyclic) bond motifs is 1. The minimum atomic E-state index is -3.93. The molecular formula is C24H24BrCl2N5O3S. The molecule has 1 fully saturated rings. The number of nitrogens with one attached hydrogen (secondary N) is 1. The van der Waals surface area contributed by atoms with Gasteiger partial charge in [0.1, 0.15) is 5.54 Å². The van der Waals surface area contributed by atoms with Gasteiger partial charge >= 0.3 is 0 Å². The topological polar surface area (TPSA) is 87.5 Å². The number of aromatic nitrogens is 2. The average molecular weight is 613 g/mol. The van der Waals surface area contributed by atoms with Crippen LogP contribution in [0.25, 0.3) is 0 Å². The van der Waals surface area contributed by atoms with Crippen molar-refractivity contribution in [3.8, 4) is 0 Å². The minimum Gasteiger partial charge on any atom is -0.315 e. The summed E-state index contributed by atoms with van der Waals surface area (Å²) in [6, 6.07) is 12.4. The van der Waals surface area contributed by atoms with Gasteiger partial charge in [-0.25, -0.2) is 18.3 Å². The molecule has 12 heteroatoms. The molecular weight excluding hydrogens is 589 g/mol. The largest absolute Gasteiger partial charge is 0.315 e. The second kappa shape index (κ2) is 9.74. The van der Waals surface area contributed by atoms with Crippen molar-refractivity contribution in [3.05, 3.63) is 68.7 Å². The number of halogens is 3. The third-order valence-corrected chi connectivity index (χ3v) is 9.37. The van der Waals surface area contributed by atoms with Crippen LogP contribution in [-0.2, 0) is 26.8 Å². The van der Waals surface area contributed by atoms with Crippen LogP contribution in [0.5, 0.6) is 0 Å². The van der Waals surface area contributed by atoms with Crippen molar-refractivity contribution in [1.29, 1.82) is 0 Å². The molecule has 3 aromatic rings. The molecule has 2 aliphatic rings. The Kier molecular flexibility index (Phi) is 6.95. The van der Waals surface area contributed by atoms with Crippen LogP contribution in [0.4, 0.5) is 11.6 Å². The number of nitrogens with zero attached hydrogens (tertiary/aromatic N) is 4. The quantitative estimate of drug-likeness (QED) is 0.456. The Morgan fingerprint density at radius 1 is 1.08 bits per heavy atom. The van der Waals surface area contributed by atoms with Crippen LogP contribution in [0.2, 0.25) is 10.0 Å². The Morgan fingerprint density at radius 2 is 1.78 bits per heavy atom. The summed E-state index contributed by atoms with van der Waals surface area (Å²) in [5.74, 6) is -0.106. The first-order valence-corrected chi connectivity index (χ1v) is 14.4. The maximum Gasteiger partial charge on any atom is 0.260 e. The van der Waals surface area contributed by atoms with Crippen molar-refractivity contribution in [1.82, 2.24) is 19.2 Å². The molecule has 8 nitrogen and oxygen atoms in total. The van der Waals surface area contributed by atoms with Crippen molar-refractivity contribution in [2.75, 3.05) is 31.1 Å². The highest BCUT2D eigenvalue weighted by atomic mass is 79.9. The summed E-state index contributed by atoms with van der Waals surface area (Å²) in [4.78, 5) is 20.0. The summed E-state index contributed by atoms with van der Waals surface area (Å²) in [6.07, 6.45) is 2.30. The van der Waals surface area contributed by atoms with E-state index in [0.29, 0.717) is 41.8 Å². The summed E-state index contributed by atoms with van der Waals surface area (Å²) in [5.41, 5.74) is 0.0369. The Bertz CT molecular complexity index is 1400. The maximum atomic E-state index is 14.1. The molecule has 1 atom stereocenters. The van der Waals surface area contributed by atoms with Gasteiger partial charge in [-0.05, 0) is 55.8 Å². The summed E-state index contributed by atoms with van der Waals surface area (Å²) >= 11 is 15.9. The van der Waals surface area contributed by atoms with Gasteiger partial charge in [-0.15, -0.1) is 0 Å². The first kappa shape index (κ1) is 25.7. The van der Waals surface area contributed by atoms with E-state index >= 15 is 0 Å². The molecule has 0 radical (unpaired) electrons. The van der Waals surface area contributed by atoms with Crippen LogP contribution < -0.4 is 10.2 Å². The molecule has 1 N–H and O–H groups in total. The lowest BCUT2D eigenvalue weighted by Gasteiger charge is -2.28. The van der Waals surface area contributed by atoms with Gasteiger partial charge in [0.25, 0.3) is 15.9 Å². The first-order chi connectivity index (χ1) is 17.1. The number of rotatable bonds is 5. The van der Waals surface area contributed by atoms with Gasteiger partial charge in [0.05, 0.1) is 11.9 Å². The molecule has 36 heavy (non-hydrogen) atoms. The zero-order valence-corrected chi connectivity index (χ0v) is 23.3. The third kappa shape index (κ3) is 4.48. The van der Waals surface area contributed by atoms with E-state index in [2.05, 4.69) is 26.2 Å². The molecule has 1 saturated heterocycles. The molecule has 0 spiro atoms. The second-order valence-corrected chi connectivity index (χ2v) is 12.8. The number of imidazole rings is 1. The number of hydrogen-bond donors (Lipinski definition) is 1. The first-order valence-electron chi connectivity index (χ1n) is 11.5. The molecule has 2 aliphatic heterocycles. The van der Waals surface area contributed by atoms with Gasteiger partial charge in [0, 0.05) is 40.6 Å². The fraction of sp³-hybridized carbons (Fsp3) is 0.333. The molecule has 0 saturated carbocycles. The SMILES string of the molecule is C[C@@]1(Cc2ccc(Br)cc2)C(=O)N(c2cc(Cl)cc(Cl)c2)c2ncc(S(=O)(=O)N3CCCNCC3)n21. The van der Waals surface area contributed by atoms with Crippen molar-refractivity contribution in [2.45, 2.75) is 30.3 Å². The zero-order chi connectivity index (χ0) is 25.7. The van der Waals surface area contributed by atoms with Crippen LogP contribution in [0.15, 0.2) is 58.2 Å². The number of anilines is 2. The van der Waals surface area contributed by atoms with Gasteiger partial charge in [-0.2, -0.15) is 4.31 Å². The fourth-order valence-electron chi connectivity index (χ4n) is 4.81. The van der Waals surface area contributed by atoms with Crippen LogP contribution in [-0.4, -0.2) is 54.4 Å². The van der Waals surface area contributed by atoms with Crippen molar-refractivity contribution in [3.63, 3.8) is 0 Å². The number of carbonyl (C=O) groups excluding carboxylic acids is 1. The molecule has 0 unspecified atom stereocenters. The monoisotopic (exact) mass is 611 g/mol. The van der Waals surface area contributed by atoms with Crippen molar-refractivity contribution >= 4 is 66.7 Å². The number of amides is 1. The number of benzene rings is 2. The van der Waals surface area contributed by atoms with Crippen LogP contribution in [0.1, 0.15) is 18.9 Å². The average Bonchev–Trinajstić information content (AvgIpc) is 3.19. The molecule has 5 rings (SSSR count). The standard InChI is InChI=1S/C24H24BrCl2N5O3S/c1-24(14-16-3-5-17(25)6-4-16)22(33)31(20-12-18(26)11-19(27)13-20)23-29-15-21(32(23)24)36(34,35)30-9-2-7-28-8-10-30/h3-6,11-13,15,28H,2,7-10,14H2,1H3/t24-/m1/s1. The highest BCUT2D eigenvalue weighted by Crippen LogP contribution is 2.44. The van der Waals surface area contributed by atoms with Gasteiger partial charge in [-0.1, -0.05) is 51.3 Å². The van der Waals surface area contributed by atoms with Gasteiger partial charge in [-0.3, -0.25) is 9.36 Å². The summed E-state index contributed by atoms with van der Waals surface area (Å²) in [5, 5.41) is 3.93. The third-order valence-electron chi connectivity index (χ3n) is 6.54. The number of sulfonamides is 1. The van der Waals surface area contributed by atoms with Gasteiger partial charge in [0.2, 0.25) is 5.95 Å². The minimum absolute atomic E-state index is 0.0111. The van der Waals surface area contributed by atoms with E-state index in [4.69, 9.17) is 23.2 Å². The van der Waals surface area contributed by atoms with E-state index in [0.717, 1.165) is 16.6 Å². The highest BCUT2D eigenvalue weighted by molar-refractivity contribution is 9.10. The Hall–Kier alpha value is -1.95. The predicted molar refractivity (Wildman–Crippen MR) is 144 cm³/mol. The lowest BCUT2D eigenvalue weighted by atomic mass is 9.92. The van der Waals surface area contributed by atoms with Crippen molar-refractivity contribution < 1.29 is 13.2 Å². The van der Waals surface area contributed by atoms with E-state index < -0.39 is 15.6 Å². The van der Waals surface area contributed by atoms with Crippen LogP contribution >= 0.6 is 39.1 Å². The van der Waals surface area contributed by atoms with E-state index in [-0.39, 0.29) is 23.3 Å². The molecule has 190 valence electrons. The number of carbonyl (C=O) groups is 1. The molecule has 1 aromatic heterocycles. The fourth-order valence-corrected chi connectivity index (χ4v) is 7.25. The number of hydrogen-bond acceptors (Lipinski definition) is 5. The summed E-state index contributed by atoms with van der Waals surface area (Å²) < 4.78 is 31.6. The smallest absolute Gasteiger partial charge is 0.260 e. The van der Waals surface area contributed by atoms with E-state index in [1.807, 2.05) is 24.3 Å². The molecule has 0 bridgehead atoms. The zero-order valence-electron chi connectivity index (χ0n) is 19.4. The van der Waals surface area contributed by atoms with Gasteiger partial charge in [0.15, 0.2) is 5.03 Å². The lowest BCUT2D eigenvalue weighted by Crippen LogP contribution is -2.43. The molecule has 1 amide bonds. The summed E-state index contributed by atoms with van der Waals surface area (Å²) in [7, 11) is -3.93. The maximum absolute atomic E-state index is 14.1. The van der Waals surface area contributed by atoms with Crippen LogP contribution in [0.3, 0.4) is 0 Å². The van der Waals surface area contributed by atoms with E-state index in [1.165, 1.54) is 15.4 Å². The normalized spacial score (nSPS) is 21.0. The van der Waals surface area contributed by atoms with E-state index in [1.54, 1.807) is 29.7 Å². The second-order valence-electron chi connectivity index (χ2n) is 9.08. The lowest BCUT2D eigenvalue weighted by molar-refractivity contribution is -0.124. The van der Waals surface area contributed by atoms with Crippen molar-refractivity contribution in [2.24, 2.45) is 0 Å². The van der Waals surface area contributed by atoms with Crippen LogP contribution in [0, 0.1) is 0 Å². The Labute approximate surface area is 228 Å². The molecule has 0 aliphatic carbocycles. The summed E-state index contributed by atoms with van der Waals surface area (Å²) in [6.45, 7) is 3.79. The predicted octanol–water partition coefficient (Wildman–Crippen LogP) is 4.57. The Balaban J connectivity index is 1.67. The molecule has 2 aromatic carbocycles. The molecule has 3 heterocycles. The Morgan fingerprint density at radius 3 is 2.47 bits per heavy atom. The van der Waals surface area contributed by atoms with Gasteiger partial charge < -0.3 is 5.32 Å².